The topological polar surface area (TPSA) is 8.17 Å². The monoisotopic (exact) mass is 638 g/mol. The van der Waals surface area contributed by atoms with Crippen LogP contribution in [0.3, 0.4) is 0 Å². The number of rotatable bonds is 3. The van der Waals surface area contributed by atoms with Gasteiger partial charge in [-0.25, -0.2) is 0 Å². The minimum Gasteiger partial charge on any atom is -0.309 e. The van der Waals surface area contributed by atoms with E-state index in [-0.39, 0.29) is 0 Å². The third-order valence-electron chi connectivity index (χ3n) is 11.4. The molecule has 1 unspecified atom stereocenters. The number of aryl methyl sites for hydroxylation is 1. The summed E-state index contributed by atoms with van der Waals surface area (Å²) in [6.07, 6.45) is 11.3. The molecule has 2 heteroatoms. The molecule has 3 aliphatic rings. The third kappa shape index (κ3) is 3.85. The Morgan fingerprint density at radius 3 is 2.20 bits per heavy atom. The fourth-order valence-electron chi connectivity index (χ4n) is 9.16. The quantitative estimate of drug-likeness (QED) is 0.187. The van der Waals surface area contributed by atoms with E-state index in [0.717, 1.165) is 12.8 Å². The van der Waals surface area contributed by atoms with Crippen LogP contribution in [0.15, 0.2) is 146 Å². The number of para-hydroxylation sites is 3. The zero-order valence-corrected chi connectivity index (χ0v) is 27.9. The first kappa shape index (κ1) is 27.8. The Balaban J connectivity index is 1.14. The van der Waals surface area contributed by atoms with Crippen LogP contribution in [-0.2, 0) is 6.42 Å². The first-order valence-electron chi connectivity index (χ1n) is 17.8. The van der Waals surface area contributed by atoms with Crippen LogP contribution in [0.1, 0.15) is 45.7 Å². The molecule has 0 radical (unpaired) electrons. The molecular weight excluding hydrogens is 605 g/mol. The fraction of sp³-hybridized carbons (Fsp3) is 0.0833. The lowest BCUT2D eigenvalue weighted by molar-refractivity contribution is 0.861. The third-order valence-corrected chi connectivity index (χ3v) is 11.4. The second kappa shape index (κ2) is 10.4. The van der Waals surface area contributed by atoms with E-state index >= 15 is 0 Å². The molecule has 0 spiro atoms. The number of allylic oxidation sites excluding steroid dienone is 2. The molecule has 0 N–H and O–H groups in total. The molecule has 0 saturated carbocycles. The average Bonchev–Trinajstić information content (AvgIpc) is 3.51. The molecule has 8 aromatic rings. The van der Waals surface area contributed by atoms with Crippen LogP contribution in [-0.4, -0.2) is 4.57 Å². The van der Waals surface area contributed by atoms with Crippen LogP contribution in [0.4, 0.5) is 17.1 Å². The van der Waals surface area contributed by atoms with E-state index in [1.54, 1.807) is 0 Å². The summed E-state index contributed by atoms with van der Waals surface area (Å²) in [7, 11) is 0. The van der Waals surface area contributed by atoms with Gasteiger partial charge in [-0.05, 0) is 106 Å². The van der Waals surface area contributed by atoms with E-state index in [1.807, 2.05) is 0 Å². The van der Waals surface area contributed by atoms with Gasteiger partial charge in [0.25, 0.3) is 0 Å². The Hall–Kier alpha value is -6.12. The van der Waals surface area contributed by atoms with Crippen molar-refractivity contribution in [1.82, 2.24) is 4.57 Å². The number of fused-ring (bicyclic) bond motifs is 5. The zero-order chi connectivity index (χ0) is 32.9. The highest BCUT2D eigenvalue weighted by Crippen LogP contribution is 2.51. The van der Waals surface area contributed by atoms with Gasteiger partial charge in [0.15, 0.2) is 0 Å². The second-order valence-corrected chi connectivity index (χ2v) is 14.1. The van der Waals surface area contributed by atoms with Crippen LogP contribution in [0, 0.1) is 6.92 Å². The molecule has 2 heterocycles. The van der Waals surface area contributed by atoms with Crippen molar-refractivity contribution in [2.24, 2.45) is 0 Å². The van der Waals surface area contributed by atoms with Crippen molar-refractivity contribution in [3.05, 3.63) is 179 Å². The van der Waals surface area contributed by atoms with Gasteiger partial charge >= 0.3 is 0 Å². The maximum Gasteiger partial charge on any atom is 0.0541 e. The molecule has 11 rings (SSSR count). The molecule has 0 amide bonds. The molecule has 0 bridgehead atoms. The molecule has 1 atom stereocenters. The van der Waals surface area contributed by atoms with Gasteiger partial charge in [-0.3, -0.25) is 0 Å². The summed E-state index contributed by atoms with van der Waals surface area (Å²) < 4.78 is 2.43. The van der Waals surface area contributed by atoms with Gasteiger partial charge in [0, 0.05) is 39.9 Å². The maximum atomic E-state index is 2.54. The minimum atomic E-state index is 0.443. The summed E-state index contributed by atoms with van der Waals surface area (Å²) in [5, 5.41) is 5.30. The second-order valence-electron chi connectivity index (χ2n) is 14.1. The number of anilines is 3. The number of benzene rings is 7. The van der Waals surface area contributed by atoms with Crippen LogP contribution >= 0.6 is 0 Å². The van der Waals surface area contributed by atoms with Gasteiger partial charge in [0.2, 0.25) is 0 Å². The highest BCUT2D eigenvalue weighted by Gasteiger charge is 2.30. The van der Waals surface area contributed by atoms with E-state index < -0.39 is 0 Å². The smallest absolute Gasteiger partial charge is 0.0541 e. The summed E-state index contributed by atoms with van der Waals surface area (Å²) in [5.41, 5.74) is 18.2. The molecular formula is C48H34N2. The maximum absolute atomic E-state index is 2.54. The van der Waals surface area contributed by atoms with Gasteiger partial charge in [0.05, 0.1) is 22.4 Å². The average molecular weight is 639 g/mol. The molecule has 236 valence electrons. The van der Waals surface area contributed by atoms with Crippen LogP contribution in [0.25, 0.3) is 61.5 Å². The molecule has 1 aliphatic heterocycles. The van der Waals surface area contributed by atoms with Crippen LogP contribution < -0.4 is 4.90 Å². The summed E-state index contributed by atoms with van der Waals surface area (Å²) in [5.74, 6) is 0.443. The van der Waals surface area contributed by atoms with Crippen molar-refractivity contribution < 1.29 is 0 Å². The first-order chi connectivity index (χ1) is 24.7. The lowest BCUT2D eigenvalue weighted by Crippen LogP contribution is -2.20. The predicted octanol–water partition coefficient (Wildman–Crippen LogP) is 12.8. The molecule has 0 fully saturated rings. The van der Waals surface area contributed by atoms with Crippen molar-refractivity contribution in [1.29, 1.82) is 0 Å². The lowest BCUT2D eigenvalue weighted by Gasteiger charge is -2.36. The summed E-state index contributed by atoms with van der Waals surface area (Å²) in [6.45, 7) is 2.26. The number of hydrogen-bond acceptors (Lipinski definition) is 1. The fourth-order valence-corrected chi connectivity index (χ4v) is 9.16. The van der Waals surface area contributed by atoms with Crippen LogP contribution in [0.2, 0.25) is 0 Å². The van der Waals surface area contributed by atoms with Gasteiger partial charge in [-0.15, -0.1) is 0 Å². The van der Waals surface area contributed by atoms with Gasteiger partial charge in [0.1, 0.15) is 0 Å². The van der Waals surface area contributed by atoms with Crippen molar-refractivity contribution in [2.75, 3.05) is 4.90 Å². The van der Waals surface area contributed by atoms with E-state index in [1.165, 1.54) is 99.8 Å². The molecule has 2 aliphatic carbocycles. The summed E-state index contributed by atoms with van der Waals surface area (Å²) in [6, 6.07) is 49.8. The predicted molar refractivity (Wildman–Crippen MR) is 211 cm³/mol. The standard InChI is InChI=1S/C48H34N2/c1-30-20-25-35(49-43-17-6-3-13-37(43)38-14-4-7-18-44(38)49)29-40(30)36-15-9-19-45-41(36)28-34-10-2-5-16-42(34)50(45)46-27-24-33-22-21-31-11-8-12-32-23-26-39(46)48(33)47(31)32/h2-10,12-27,29,31H,11,28H2,1H3. The first-order valence-corrected chi connectivity index (χ1v) is 17.8. The van der Waals surface area contributed by atoms with E-state index in [0.29, 0.717) is 5.92 Å². The van der Waals surface area contributed by atoms with Gasteiger partial charge in [-0.2, -0.15) is 0 Å². The van der Waals surface area contributed by atoms with Crippen molar-refractivity contribution in [3.63, 3.8) is 0 Å². The van der Waals surface area contributed by atoms with E-state index in [9.17, 15) is 0 Å². The highest BCUT2D eigenvalue weighted by molar-refractivity contribution is 6.10. The van der Waals surface area contributed by atoms with Gasteiger partial charge in [-0.1, -0.05) is 115 Å². The molecule has 1 aromatic heterocycles. The van der Waals surface area contributed by atoms with Gasteiger partial charge < -0.3 is 9.47 Å². The molecule has 7 aromatic carbocycles. The van der Waals surface area contributed by atoms with Crippen LogP contribution in [0.5, 0.6) is 0 Å². The Morgan fingerprint density at radius 1 is 0.580 bits per heavy atom. The minimum absolute atomic E-state index is 0.443. The highest BCUT2D eigenvalue weighted by atomic mass is 15.2. The Kier molecular flexibility index (Phi) is 5.80. The molecule has 2 nitrogen and oxygen atoms in total. The van der Waals surface area contributed by atoms with Crippen molar-refractivity contribution in [2.45, 2.75) is 25.7 Å². The Morgan fingerprint density at radius 2 is 1.34 bits per heavy atom. The largest absolute Gasteiger partial charge is 0.309 e. The van der Waals surface area contributed by atoms with E-state index in [4.69, 9.17) is 0 Å². The molecule has 0 saturated heterocycles. The number of aromatic nitrogens is 1. The lowest BCUT2D eigenvalue weighted by atomic mass is 9.78. The molecule has 50 heavy (non-hydrogen) atoms. The summed E-state index contributed by atoms with van der Waals surface area (Å²) >= 11 is 0. The summed E-state index contributed by atoms with van der Waals surface area (Å²) in [4.78, 5) is 2.54. The number of nitrogens with zero attached hydrogens (tertiary/aromatic N) is 2. The van der Waals surface area contributed by atoms with Crippen molar-refractivity contribution in [3.8, 4) is 16.8 Å². The zero-order valence-electron chi connectivity index (χ0n) is 27.9. The Labute approximate surface area is 291 Å². The van der Waals surface area contributed by atoms with Crippen molar-refractivity contribution >= 4 is 61.8 Å². The normalized spacial score (nSPS) is 15.5. The van der Waals surface area contributed by atoms with E-state index in [2.05, 4.69) is 174 Å². The SMILES string of the molecule is Cc1ccc(-n2c3ccccc3c3ccccc32)cc1-c1cccc2c1Cc1ccccc1N2c1ccc2c3c4c(ccc13)C=CCC4C=C2. The number of hydrogen-bond donors (Lipinski definition) is 0. The Bertz CT molecular complexity index is 2740.